The van der Waals surface area contributed by atoms with E-state index in [1.54, 1.807) is 24.3 Å². The van der Waals surface area contributed by atoms with Gasteiger partial charge in [-0.25, -0.2) is 0 Å². The molecule has 2 aliphatic rings. The summed E-state index contributed by atoms with van der Waals surface area (Å²) < 4.78 is 4.47. The average Bonchev–Trinajstić information content (AvgIpc) is 3.23. The Morgan fingerprint density at radius 1 is 1.12 bits per heavy atom. The van der Waals surface area contributed by atoms with Gasteiger partial charge in [0.15, 0.2) is 0 Å². The van der Waals surface area contributed by atoms with Crippen LogP contribution in [0.5, 0.6) is 0 Å². The molecular weight excluding hydrogens is 308 g/mol. The van der Waals surface area contributed by atoms with Gasteiger partial charge in [-0.3, -0.25) is 14.4 Å². The van der Waals surface area contributed by atoms with E-state index in [4.69, 9.17) is 0 Å². The molecule has 6 nitrogen and oxygen atoms in total. The lowest BCUT2D eigenvalue weighted by atomic mass is 9.88. The Labute approximate surface area is 140 Å². The number of hydrogen-bond acceptors (Lipinski definition) is 4. The van der Waals surface area contributed by atoms with Crippen LogP contribution >= 0.6 is 0 Å². The number of nitrogens with one attached hydrogen (secondary N) is 2. The van der Waals surface area contributed by atoms with Gasteiger partial charge in [-0.05, 0) is 55.4 Å². The third kappa shape index (κ3) is 3.58. The van der Waals surface area contributed by atoms with Gasteiger partial charge in [0.2, 0.25) is 5.91 Å². The van der Waals surface area contributed by atoms with E-state index in [1.165, 1.54) is 26.4 Å². The van der Waals surface area contributed by atoms with Crippen molar-refractivity contribution in [3.63, 3.8) is 0 Å². The number of ether oxygens (including phenoxy) is 1. The summed E-state index contributed by atoms with van der Waals surface area (Å²) in [5.41, 5.74) is 1.11. The number of methoxy groups -OCH3 is 1. The van der Waals surface area contributed by atoms with Crippen LogP contribution in [0.25, 0.3) is 0 Å². The highest BCUT2D eigenvalue weighted by Gasteiger charge is 2.42. The number of anilines is 1. The van der Waals surface area contributed by atoms with Crippen molar-refractivity contribution in [2.45, 2.75) is 25.7 Å². The highest BCUT2D eigenvalue weighted by molar-refractivity contribution is 5.97. The summed E-state index contributed by atoms with van der Waals surface area (Å²) in [6.45, 7) is -0.169. The maximum atomic E-state index is 12.4. The second kappa shape index (κ2) is 7.03. The number of hydrogen-bond donors (Lipinski definition) is 2. The van der Waals surface area contributed by atoms with E-state index in [0.29, 0.717) is 17.2 Å². The molecule has 0 radical (unpaired) electrons. The molecule has 3 rings (SSSR count). The van der Waals surface area contributed by atoms with Gasteiger partial charge in [0.05, 0.1) is 7.11 Å². The summed E-state index contributed by atoms with van der Waals surface area (Å²) in [6.07, 6.45) is 4.63. The van der Waals surface area contributed by atoms with Crippen LogP contribution in [0.4, 0.5) is 5.69 Å². The fourth-order valence-electron chi connectivity index (χ4n) is 3.83. The molecule has 1 aromatic rings. The van der Waals surface area contributed by atoms with Crippen molar-refractivity contribution in [3.8, 4) is 0 Å². The SMILES string of the molecule is COC(=O)CNC(=O)c1ccc(NC(=O)C2CC3CCC2C3)cc1. The summed E-state index contributed by atoms with van der Waals surface area (Å²) >= 11 is 0. The first-order valence-electron chi connectivity index (χ1n) is 8.32. The number of carbonyl (C=O) groups excluding carboxylic acids is 3. The summed E-state index contributed by atoms with van der Waals surface area (Å²) in [6, 6.07) is 6.67. The van der Waals surface area contributed by atoms with Crippen molar-refractivity contribution in [3.05, 3.63) is 29.8 Å². The molecule has 1 aromatic carbocycles. The summed E-state index contributed by atoms with van der Waals surface area (Å²) in [5.74, 6) is 0.631. The predicted octanol–water partition coefficient (Wildman–Crippen LogP) is 1.96. The molecular formula is C18H22N2O4. The van der Waals surface area contributed by atoms with Crippen molar-refractivity contribution >= 4 is 23.5 Å². The Morgan fingerprint density at radius 3 is 2.46 bits per heavy atom. The molecule has 0 aliphatic heterocycles. The van der Waals surface area contributed by atoms with Crippen molar-refractivity contribution in [1.82, 2.24) is 5.32 Å². The van der Waals surface area contributed by atoms with Gasteiger partial charge in [0, 0.05) is 17.2 Å². The van der Waals surface area contributed by atoms with Gasteiger partial charge in [0.1, 0.15) is 6.54 Å². The third-order valence-corrected chi connectivity index (χ3v) is 5.11. The zero-order chi connectivity index (χ0) is 17.1. The number of carbonyl (C=O) groups is 3. The molecule has 128 valence electrons. The van der Waals surface area contributed by atoms with Crippen molar-refractivity contribution in [2.75, 3.05) is 19.0 Å². The van der Waals surface area contributed by atoms with Gasteiger partial charge < -0.3 is 15.4 Å². The Hall–Kier alpha value is -2.37. The van der Waals surface area contributed by atoms with E-state index >= 15 is 0 Å². The van der Waals surface area contributed by atoms with E-state index < -0.39 is 5.97 Å². The molecule has 0 aromatic heterocycles. The van der Waals surface area contributed by atoms with Crippen LogP contribution in [0.15, 0.2) is 24.3 Å². The normalized spacial score (nSPS) is 24.5. The molecule has 2 amide bonds. The Kier molecular flexibility index (Phi) is 4.83. The molecule has 0 spiro atoms. The predicted molar refractivity (Wildman–Crippen MR) is 88.4 cm³/mol. The Bertz CT molecular complexity index is 641. The van der Waals surface area contributed by atoms with Crippen LogP contribution in [0.2, 0.25) is 0 Å². The number of benzene rings is 1. The number of fused-ring (bicyclic) bond motifs is 2. The quantitative estimate of drug-likeness (QED) is 0.808. The van der Waals surface area contributed by atoms with Crippen molar-refractivity contribution in [2.24, 2.45) is 17.8 Å². The zero-order valence-electron chi connectivity index (χ0n) is 13.7. The zero-order valence-corrected chi connectivity index (χ0v) is 13.7. The second-order valence-electron chi connectivity index (χ2n) is 6.61. The highest BCUT2D eigenvalue weighted by Crippen LogP contribution is 2.48. The molecule has 2 fully saturated rings. The van der Waals surface area contributed by atoms with Gasteiger partial charge in [0.25, 0.3) is 5.91 Å². The van der Waals surface area contributed by atoms with E-state index in [1.807, 2.05) is 0 Å². The minimum atomic E-state index is -0.502. The maximum Gasteiger partial charge on any atom is 0.325 e. The number of rotatable bonds is 5. The van der Waals surface area contributed by atoms with Crippen LogP contribution in [-0.2, 0) is 14.3 Å². The summed E-state index contributed by atoms with van der Waals surface area (Å²) in [5, 5.41) is 5.42. The first kappa shape index (κ1) is 16.5. The monoisotopic (exact) mass is 330 g/mol. The lowest BCUT2D eigenvalue weighted by Gasteiger charge is -2.20. The summed E-state index contributed by atoms with van der Waals surface area (Å²) in [7, 11) is 1.27. The average molecular weight is 330 g/mol. The minimum absolute atomic E-state index is 0.0880. The van der Waals surface area contributed by atoms with E-state index in [0.717, 1.165) is 12.3 Å². The van der Waals surface area contributed by atoms with Gasteiger partial charge >= 0.3 is 5.97 Å². The first-order valence-corrected chi connectivity index (χ1v) is 8.32. The molecule has 6 heteroatoms. The molecule has 0 saturated heterocycles. The van der Waals surface area contributed by atoms with Crippen molar-refractivity contribution < 1.29 is 19.1 Å². The lowest BCUT2D eigenvalue weighted by molar-refractivity contribution is -0.139. The minimum Gasteiger partial charge on any atom is -0.468 e. The van der Waals surface area contributed by atoms with Gasteiger partial charge in [-0.2, -0.15) is 0 Å². The fraction of sp³-hybridized carbons (Fsp3) is 0.500. The van der Waals surface area contributed by atoms with Gasteiger partial charge in [-0.1, -0.05) is 6.42 Å². The molecule has 2 bridgehead atoms. The van der Waals surface area contributed by atoms with E-state index in [9.17, 15) is 14.4 Å². The molecule has 2 N–H and O–H groups in total. The van der Waals surface area contributed by atoms with Crippen LogP contribution in [0, 0.1) is 17.8 Å². The van der Waals surface area contributed by atoms with Crippen LogP contribution in [0.1, 0.15) is 36.0 Å². The topological polar surface area (TPSA) is 84.5 Å². The Morgan fingerprint density at radius 2 is 1.88 bits per heavy atom. The first-order chi connectivity index (χ1) is 11.6. The van der Waals surface area contributed by atoms with Crippen LogP contribution < -0.4 is 10.6 Å². The standard InChI is InChI=1S/C18H22N2O4/c1-24-16(21)10-19-17(22)12-4-6-14(7-5-12)20-18(23)15-9-11-2-3-13(15)8-11/h4-7,11,13,15H,2-3,8-10H2,1H3,(H,19,22)(H,20,23). The number of amides is 2. The molecule has 3 unspecified atom stereocenters. The van der Waals surface area contributed by atoms with Crippen molar-refractivity contribution in [1.29, 1.82) is 0 Å². The van der Waals surface area contributed by atoms with Gasteiger partial charge in [-0.15, -0.1) is 0 Å². The number of esters is 1. The molecule has 0 heterocycles. The van der Waals surface area contributed by atoms with E-state index in [-0.39, 0.29) is 24.3 Å². The smallest absolute Gasteiger partial charge is 0.325 e. The Balaban J connectivity index is 1.53. The fourth-order valence-corrected chi connectivity index (χ4v) is 3.83. The largest absolute Gasteiger partial charge is 0.468 e. The summed E-state index contributed by atoms with van der Waals surface area (Å²) in [4.78, 5) is 35.3. The third-order valence-electron chi connectivity index (χ3n) is 5.11. The highest BCUT2D eigenvalue weighted by atomic mass is 16.5. The molecule has 24 heavy (non-hydrogen) atoms. The second-order valence-corrected chi connectivity index (χ2v) is 6.61. The lowest BCUT2D eigenvalue weighted by Crippen LogP contribution is -2.30. The maximum absolute atomic E-state index is 12.4. The van der Waals surface area contributed by atoms with E-state index in [2.05, 4.69) is 15.4 Å². The molecule has 2 saturated carbocycles. The van der Waals surface area contributed by atoms with Crippen LogP contribution in [0.3, 0.4) is 0 Å². The molecule has 3 atom stereocenters. The molecule has 2 aliphatic carbocycles. The van der Waals surface area contributed by atoms with Crippen LogP contribution in [-0.4, -0.2) is 31.4 Å².